The molecule has 7 heteroatoms. The van der Waals surface area contributed by atoms with Gasteiger partial charge < -0.3 is 10.6 Å². The molecule has 100 valence electrons. The molecular formula is C11H13F3N2OS. The third kappa shape index (κ3) is 2.77. The van der Waals surface area contributed by atoms with E-state index in [-0.39, 0.29) is 5.69 Å². The number of nitrogens with two attached hydrogens (primary N) is 1. The Morgan fingerprint density at radius 3 is 2.33 bits per heavy atom. The average Bonchev–Trinajstić information content (AvgIpc) is 2.29. The summed E-state index contributed by atoms with van der Waals surface area (Å²) >= 11 is 0. The summed E-state index contributed by atoms with van der Waals surface area (Å²) in [6.45, 7) is 1.12. The zero-order valence-electron chi connectivity index (χ0n) is 9.54. The number of hydrogen-bond acceptors (Lipinski definition) is 3. The molecule has 1 aliphatic heterocycles. The molecule has 0 aliphatic carbocycles. The number of nitrogens with zero attached hydrogens (tertiary/aromatic N) is 1. The number of rotatable bonds is 1. The van der Waals surface area contributed by atoms with Gasteiger partial charge in [-0.3, -0.25) is 4.21 Å². The molecule has 18 heavy (non-hydrogen) atoms. The topological polar surface area (TPSA) is 46.3 Å². The van der Waals surface area contributed by atoms with E-state index in [9.17, 15) is 17.4 Å². The van der Waals surface area contributed by atoms with E-state index in [0.29, 0.717) is 30.3 Å². The first-order chi connectivity index (χ1) is 8.38. The molecule has 1 saturated heterocycles. The Balaban J connectivity index is 2.22. The van der Waals surface area contributed by atoms with E-state index in [1.165, 1.54) is 6.07 Å². The number of alkyl halides is 3. The molecule has 0 amide bonds. The van der Waals surface area contributed by atoms with Crippen molar-refractivity contribution in [3.8, 4) is 0 Å². The van der Waals surface area contributed by atoms with E-state index < -0.39 is 22.5 Å². The van der Waals surface area contributed by atoms with Crippen LogP contribution >= 0.6 is 0 Å². The lowest BCUT2D eigenvalue weighted by Crippen LogP contribution is -2.38. The molecule has 1 aromatic carbocycles. The molecule has 2 rings (SSSR count). The Hall–Kier alpha value is -1.24. The highest BCUT2D eigenvalue weighted by Gasteiger charge is 2.31. The van der Waals surface area contributed by atoms with Crippen LogP contribution in [0.3, 0.4) is 0 Å². The monoisotopic (exact) mass is 278 g/mol. The number of halogens is 3. The van der Waals surface area contributed by atoms with Crippen LogP contribution in [-0.4, -0.2) is 28.8 Å². The van der Waals surface area contributed by atoms with Crippen LogP contribution in [0.15, 0.2) is 18.2 Å². The van der Waals surface area contributed by atoms with Crippen LogP contribution in [0.2, 0.25) is 0 Å². The van der Waals surface area contributed by atoms with Gasteiger partial charge in [-0.25, -0.2) is 0 Å². The van der Waals surface area contributed by atoms with Crippen molar-refractivity contribution < 1.29 is 17.4 Å². The van der Waals surface area contributed by atoms with E-state index in [4.69, 9.17) is 5.73 Å². The summed E-state index contributed by atoms with van der Waals surface area (Å²) in [7, 11) is -0.822. The van der Waals surface area contributed by atoms with Gasteiger partial charge in [-0.15, -0.1) is 0 Å². The van der Waals surface area contributed by atoms with Crippen molar-refractivity contribution in [3.63, 3.8) is 0 Å². The molecule has 2 N–H and O–H groups in total. The van der Waals surface area contributed by atoms with Crippen LogP contribution in [0.5, 0.6) is 0 Å². The van der Waals surface area contributed by atoms with Gasteiger partial charge in [0.2, 0.25) is 0 Å². The van der Waals surface area contributed by atoms with Gasteiger partial charge in [-0.05, 0) is 18.2 Å². The molecule has 1 aliphatic rings. The minimum Gasteiger partial charge on any atom is -0.397 e. The van der Waals surface area contributed by atoms with E-state index in [0.717, 1.165) is 12.1 Å². The van der Waals surface area contributed by atoms with Gasteiger partial charge in [0.05, 0.1) is 16.9 Å². The first-order valence-electron chi connectivity index (χ1n) is 5.44. The zero-order valence-corrected chi connectivity index (χ0v) is 10.4. The van der Waals surface area contributed by atoms with Crippen molar-refractivity contribution in [2.45, 2.75) is 6.18 Å². The SMILES string of the molecule is Nc1cc(C(F)(F)F)ccc1N1CCS(=O)CC1. The van der Waals surface area contributed by atoms with Crippen molar-refractivity contribution >= 4 is 22.2 Å². The van der Waals surface area contributed by atoms with Crippen molar-refractivity contribution in [1.82, 2.24) is 0 Å². The Morgan fingerprint density at radius 2 is 1.83 bits per heavy atom. The molecule has 1 fully saturated rings. The van der Waals surface area contributed by atoms with Gasteiger partial charge >= 0.3 is 6.18 Å². The van der Waals surface area contributed by atoms with Crippen LogP contribution in [0.4, 0.5) is 24.5 Å². The average molecular weight is 278 g/mol. The lowest BCUT2D eigenvalue weighted by Gasteiger charge is -2.29. The van der Waals surface area contributed by atoms with E-state index in [1.54, 1.807) is 0 Å². The molecular weight excluding hydrogens is 265 g/mol. The van der Waals surface area contributed by atoms with Gasteiger partial charge in [0.25, 0.3) is 0 Å². The fourth-order valence-corrected chi connectivity index (χ4v) is 2.95. The Kier molecular flexibility index (Phi) is 3.52. The quantitative estimate of drug-likeness (QED) is 0.798. The second kappa shape index (κ2) is 4.79. The van der Waals surface area contributed by atoms with Crippen LogP contribution in [0.1, 0.15) is 5.56 Å². The highest BCUT2D eigenvalue weighted by molar-refractivity contribution is 7.85. The molecule has 0 bridgehead atoms. The van der Waals surface area contributed by atoms with E-state index >= 15 is 0 Å². The molecule has 0 saturated carbocycles. The maximum Gasteiger partial charge on any atom is 0.416 e. The maximum absolute atomic E-state index is 12.5. The van der Waals surface area contributed by atoms with E-state index in [1.807, 2.05) is 4.90 Å². The molecule has 3 nitrogen and oxygen atoms in total. The predicted molar refractivity (Wildman–Crippen MR) is 65.9 cm³/mol. The molecule has 1 aromatic rings. The fourth-order valence-electron chi connectivity index (χ4n) is 1.90. The number of nitrogen functional groups attached to an aromatic ring is 1. The minimum atomic E-state index is -4.38. The van der Waals surface area contributed by atoms with Gasteiger partial charge in [0, 0.05) is 35.4 Å². The lowest BCUT2D eigenvalue weighted by molar-refractivity contribution is -0.137. The van der Waals surface area contributed by atoms with Gasteiger partial charge in [-0.1, -0.05) is 0 Å². The molecule has 0 unspecified atom stereocenters. The van der Waals surface area contributed by atoms with Crippen molar-refractivity contribution in [2.75, 3.05) is 35.2 Å². The lowest BCUT2D eigenvalue weighted by atomic mass is 10.1. The summed E-state index contributed by atoms with van der Waals surface area (Å²) in [5.41, 5.74) is 5.61. The normalized spacial score (nSPS) is 18.1. The number of anilines is 2. The van der Waals surface area contributed by atoms with Gasteiger partial charge in [0.1, 0.15) is 0 Å². The third-order valence-corrected chi connectivity index (χ3v) is 4.15. The standard InChI is InChI=1S/C11H13F3N2OS/c12-11(13,14)8-1-2-10(9(15)7-8)16-3-5-18(17)6-4-16/h1-2,7H,3-6,15H2. The van der Waals surface area contributed by atoms with Crippen molar-refractivity contribution in [2.24, 2.45) is 0 Å². The molecule has 0 spiro atoms. The van der Waals surface area contributed by atoms with Crippen molar-refractivity contribution in [1.29, 1.82) is 0 Å². The van der Waals surface area contributed by atoms with Crippen molar-refractivity contribution in [3.05, 3.63) is 23.8 Å². The summed E-state index contributed by atoms with van der Waals surface area (Å²) in [6.07, 6.45) is -4.38. The van der Waals surface area contributed by atoms with Crippen LogP contribution < -0.4 is 10.6 Å². The number of hydrogen-bond donors (Lipinski definition) is 1. The highest BCUT2D eigenvalue weighted by atomic mass is 32.2. The summed E-state index contributed by atoms with van der Waals surface area (Å²) in [5.74, 6) is 1.06. The molecule has 0 aromatic heterocycles. The van der Waals surface area contributed by atoms with E-state index in [2.05, 4.69) is 0 Å². The number of benzene rings is 1. The molecule has 1 heterocycles. The zero-order chi connectivity index (χ0) is 13.3. The van der Waals surface area contributed by atoms with Crippen LogP contribution in [-0.2, 0) is 17.0 Å². The van der Waals surface area contributed by atoms with Gasteiger partial charge in [-0.2, -0.15) is 13.2 Å². The van der Waals surface area contributed by atoms with Gasteiger partial charge in [0.15, 0.2) is 0 Å². The minimum absolute atomic E-state index is 0.109. The second-order valence-electron chi connectivity index (χ2n) is 4.11. The fraction of sp³-hybridized carbons (Fsp3) is 0.455. The summed E-state index contributed by atoms with van der Waals surface area (Å²) < 4.78 is 48.7. The largest absolute Gasteiger partial charge is 0.416 e. The first-order valence-corrected chi connectivity index (χ1v) is 6.93. The van der Waals surface area contributed by atoms with Crippen LogP contribution in [0.25, 0.3) is 0 Å². The highest BCUT2D eigenvalue weighted by Crippen LogP contribution is 2.34. The Bertz CT molecular complexity index is 466. The smallest absolute Gasteiger partial charge is 0.397 e. The first kappa shape index (κ1) is 13.2. The summed E-state index contributed by atoms with van der Waals surface area (Å²) in [4.78, 5) is 1.87. The Morgan fingerprint density at radius 1 is 1.22 bits per heavy atom. The molecule has 0 radical (unpaired) electrons. The second-order valence-corrected chi connectivity index (χ2v) is 5.80. The predicted octanol–water partition coefficient (Wildman–Crippen LogP) is 1.86. The summed E-state index contributed by atoms with van der Waals surface area (Å²) in [5, 5.41) is 0. The Labute approximate surface area is 105 Å². The summed E-state index contributed by atoms with van der Waals surface area (Å²) in [6, 6.07) is 3.35. The molecule has 0 atom stereocenters. The maximum atomic E-state index is 12.5. The van der Waals surface area contributed by atoms with Crippen LogP contribution in [0, 0.1) is 0 Å². The third-order valence-electron chi connectivity index (χ3n) is 2.87.